The molecule has 24 heavy (non-hydrogen) atoms. The molecule has 4 aliphatic rings. The van der Waals surface area contributed by atoms with Gasteiger partial charge in [0.25, 0.3) is 0 Å². The monoisotopic (exact) mass is 365 g/mol. The van der Waals surface area contributed by atoms with Gasteiger partial charge in [-0.3, -0.25) is 4.79 Å². The van der Waals surface area contributed by atoms with E-state index in [2.05, 4.69) is 12.2 Å². The van der Waals surface area contributed by atoms with Crippen molar-refractivity contribution in [3.05, 3.63) is 33.8 Å². The summed E-state index contributed by atoms with van der Waals surface area (Å²) >= 11 is 12.4. The zero-order valence-electron chi connectivity index (χ0n) is 14.2. The first kappa shape index (κ1) is 16.7. The molecule has 4 heteroatoms. The van der Waals surface area contributed by atoms with Crippen molar-refractivity contribution in [2.75, 3.05) is 0 Å². The first-order valence-corrected chi connectivity index (χ1v) is 9.93. The summed E-state index contributed by atoms with van der Waals surface area (Å²) in [4.78, 5) is 12.6. The number of rotatable bonds is 4. The summed E-state index contributed by atoms with van der Waals surface area (Å²) < 4.78 is 0. The van der Waals surface area contributed by atoms with Crippen molar-refractivity contribution in [1.29, 1.82) is 0 Å². The van der Waals surface area contributed by atoms with Crippen LogP contribution in [0.4, 0.5) is 0 Å². The second-order valence-electron chi connectivity index (χ2n) is 8.45. The van der Waals surface area contributed by atoms with Gasteiger partial charge in [-0.25, -0.2) is 0 Å². The molecule has 2 nitrogen and oxygen atoms in total. The number of carbonyl (C=O) groups excluding carboxylic acids is 1. The van der Waals surface area contributed by atoms with Crippen LogP contribution in [-0.4, -0.2) is 11.9 Å². The summed E-state index contributed by atoms with van der Waals surface area (Å²) in [5.41, 5.74) is 1.06. The molecule has 1 N–H and O–H groups in total. The van der Waals surface area contributed by atoms with Crippen LogP contribution in [0.5, 0.6) is 0 Å². The van der Waals surface area contributed by atoms with Gasteiger partial charge < -0.3 is 5.32 Å². The van der Waals surface area contributed by atoms with Gasteiger partial charge in [-0.1, -0.05) is 29.3 Å². The Morgan fingerprint density at radius 1 is 1.12 bits per heavy atom. The van der Waals surface area contributed by atoms with Crippen LogP contribution in [0.25, 0.3) is 0 Å². The van der Waals surface area contributed by atoms with E-state index in [4.69, 9.17) is 23.2 Å². The number of benzene rings is 1. The maximum absolute atomic E-state index is 12.6. The lowest BCUT2D eigenvalue weighted by Crippen LogP contribution is -2.56. The number of carbonyl (C=O) groups is 1. The molecule has 0 aromatic heterocycles. The second kappa shape index (κ2) is 6.21. The van der Waals surface area contributed by atoms with Gasteiger partial charge in [-0.05, 0) is 86.3 Å². The largest absolute Gasteiger partial charge is 0.353 e. The van der Waals surface area contributed by atoms with Crippen LogP contribution in [0.2, 0.25) is 10.0 Å². The van der Waals surface area contributed by atoms with E-state index in [1.807, 2.05) is 6.07 Å². The van der Waals surface area contributed by atoms with Crippen molar-refractivity contribution in [2.24, 2.45) is 23.2 Å². The fraction of sp³-hybridized carbons (Fsp3) is 0.650. The number of nitrogens with one attached hydrogen (secondary N) is 1. The molecular weight excluding hydrogens is 341 g/mol. The van der Waals surface area contributed by atoms with E-state index in [0.717, 1.165) is 23.3 Å². The summed E-state index contributed by atoms with van der Waals surface area (Å²) in [6, 6.07) is 5.63. The second-order valence-corrected chi connectivity index (χ2v) is 9.26. The van der Waals surface area contributed by atoms with Crippen molar-refractivity contribution in [3.8, 4) is 0 Å². The van der Waals surface area contributed by atoms with Gasteiger partial charge in [0.15, 0.2) is 0 Å². The molecule has 4 bridgehead atoms. The van der Waals surface area contributed by atoms with E-state index in [0.29, 0.717) is 15.5 Å². The van der Waals surface area contributed by atoms with Crippen LogP contribution in [0.3, 0.4) is 0 Å². The van der Waals surface area contributed by atoms with E-state index >= 15 is 0 Å². The molecule has 4 saturated carbocycles. The smallest absolute Gasteiger partial charge is 0.224 e. The molecule has 1 amide bonds. The third kappa shape index (κ3) is 2.97. The van der Waals surface area contributed by atoms with Gasteiger partial charge in [0.05, 0.1) is 6.42 Å². The fourth-order valence-corrected chi connectivity index (χ4v) is 6.55. The van der Waals surface area contributed by atoms with Crippen molar-refractivity contribution < 1.29 is 4.79 Å². The molecule has 0 radical (unpaired) electrons. The number of amides is 1. The van der Waals surface area contributed by atoms with Crippen LogP contribution in [-0.2, 0) is 11.2 Å². The van der Waals surface area contributed by atoms with Crippen molar-refractivity contribution in [3.63, 3.8) is 0 Å². The lowest BCUT2D eigenvalue weighted by Gasteiger charge is -2.59. The van der Waals surface area contributed by atoms with Crippen LogP contribution in [0.1, 0.15) is 51.0 Å². The Labute approximate surface area is 154 Å². The average Bonchev–Trinajstić information content (AvgIpc) is 2.49. The van der Waals surface area contributed by atoms with Gasteiger partial charge in [0, 0.05) is 16.1 Å². The van der Waals surface area contributed by atoms with Crippen LogP contribution in [0, 0.1) is 23.2 Å². The minimum Gasteiger partial charge on any atom is -0.353 e. The molecule has 0 heterocycles. The Hall–Kier alpha value is -0.730. The predicted octanol–water partition coefficient (Wildman–Crippen LogP) is 5.26. The number of halogens is 2. The summed E-state index contributed by atoms with van der Waals surface area (Å²) in [7, 11) is 0. The Morgan fingerprint density at radius 2 is 1.62 bits per heavy atom. The van der Waals surface area contributed by atoms with Crippen LogP contribution < -0.4 is 5.32 Å². The van der Waals surface area contributed by atoms with E-state index in [9.17, 15) is 4.79 Å². The van der Waals surface area contributed by atoms with Gasteiger partial charge in [0.2, 0.25) is 5.91 Å². The maximum Gasteiger partial charge on any atom is 0.224 e. The molecular formula is C20H25Cl2NO. The lowest BCUT2D eigenvalue weighted by atomic mass is 9.48. The molecule has 4 aliphatic carbocycles. The summed E-state index contributed by atoms with van der Waals surface area (Å²) in [6.07, 6.45) is 8.43. The Kier molecular flexibility index (Phi) is 4.33. The Bertz CT molecular complexity index is 602. The van der Waals surface area contributed by atoms with Gasteiger partial charge in [0.1, 0.15) is 0 Å². The first-order chi connectivity index (χ1) is 11.4. The average molecular weight is 366 g/mol. The topological polar surface area (TPSA) is 29.1 Å². The minimum absolute atomic E-state index is 0.0354. The molecule has 1 atom stereocenters. The maximum atomic E-state index is 12.6. The molecule has 0 aliphatic heterocycles. The first-order valence-electron chi connectivity index (χ1n) is 9.17. The molecule has 0 saturated heterocycles. The highest BCUT2D eigenvalue weighted by Gasteiger charge is 2.53. The van der Waals surface area contributed by atoms with Gasteiger partial charge in [-0.15, -0.1) is 0 Å². The van der Waals surface area contributed by atoms with E-state index in [-0.39, 0.29) is 18.4 Å². The highest BCUT2D eigenvalue weighted by molar-refractivity contribution is 6.36. The minimum atomic E-state index is 0.0354. The van der Waals surface area contributed by atoms with Gasteiger partial charge in [-0.2, -0.15) is 0 Å². The predicted molar refractivity (Wildman–Crippen MR) is 98.4 cm³/mol. The number of hydrogen-bond donors (Lipinski definition) is 1. The molecule has 5 rings (SSSR count). The molecule has 0 spiro atoms. The van der Waals surface area contributed by atoms with Crippen molar-refractivity contribution in [2.45, 2.75) is 57.9 Å². The third-order valence-electron chi connectivity index (χ3n) is 6.78. The summed E-state index contributed by atoms with van der Waals surface area (Å²) in [6.45, 7) is 2.21. The standard InChI is InChI=1S/C20H25Cl2NO/c1-12(20-9-13-5-14(10-20)7-15(6-13)11-20)23-19(24)8-16-17(21)3-2-4-18(16)22/h2-4,12-15H,5-11H2,1H3,(H,23,24)/t12-,13?,14?,15?,20?/m1/s1. The highest BCUT2D eigenvalue weighted by Crippen LogP contribution is 2.61. The molecule has 0 unspecified atom stereocenters. The quantitative estimate of drug-likeness (QED) is 0.774. The molecule has 1 aromatic carbocycles. The molecule has 4 fully saturated rings. The van der Waals surface area contributed by atoms with Crippen LogP contribution >= 0.6 is 23.2 Å². The normalized spacial score (nSPS) is 35.0. The summed E-state index contributed by atoms with van der Waals surface area (Å²) in [5.74, 6) is 2.73. The fourth-order valence-electron chi connectivity index (χ4n) is 6.02. The third-order valence-corrected chi connectivity index (χ3v) is 7.49. The van der Waals surface area contributed by atoms with E-state index in [1.165, 1.54) is 38.5 Å². The van der Waals surface area contributed by atoms with Crippen LogP contribution in [0.15, 0.2) is 18.2 Å². The zero-order chi connectivity index (χ0) is 16.9. The number of hydrogen-bond acceptors (Lipinski definition) is 1. The van der Waals surface area contributed by atoms with Gasteiger partial charge >= 0.3 is 0 Å². The van der Waals surface area contributed by atoms with E-state index in [1.54, 1.807) is 12.1 Å². The molecule has 1 aromatic rings. The Morgan fingerprint density at radius 3 is 2.12 bits per heavy atom. The summed E-state index contributed by atoms with van der Waals surface area (Å²) in [5, 5.41) is 4.42. The lowest BCUT2D eigenvalue weighted by molar-refractivity contribution is -0.125. The van der Waals surface area contributed by atoms with Crippen molar-refractivity contribution in [1.82, 2.24) is 5.32 Å². The highest BCUT2D eigenvalue weighted by atomic mass is 35.5. The zero-order valence-corrected chi connectivity index (χ0v) is 15.7. The van der Waals surface area contributed by atoms with E-state index < -0.39 is 0 Å². The molecule has 130 valence electrons. The van der Waals surface area contributed by atoms with Crippen molar-refractivity contribution >= 4 is 29.1 Å². The SMILES string of the molecule is C[C@@H](NC(=O)Cc1c(Cl)cccc1Cl)C12CC3CC(CC(C3)C1)C2. The Balaban J connectivity index is 1.44.